The molecule has 0 saturated carbocycles. The molecule has 1 atom stereocenters. The van der Waals surface area contributed by atoms with E-state index in [-0.39, 0.29) is 20.8 Å². The fraction of sp³-hybridized carbons (Fsp3) is 1.00. The fourth-order valence-corrected chi connectivity index (χ4v) is 4.03. The van der Waals surface area contributed by atoms with Crippen molar-refractivity contribution in [3.05, 3.63) is 0 Å². The van der Waals surface area contributed by atoms with Crippen LogP contribution in [0.25, 0.3) is 0 Å². The second-order valence-corrected chi connectivity index (χ2v) is 7.28. The molecule has 0 aliphatic rings. The lowest BCUT2D eigenvalue weighted by molar-refractivity contribution is -0.0451. The second kappa shape index (κ2) is 7.38. The molecule has 0 bridgehead atoms. The van der Waals surface area contributed by atoms with Crippen molar-refractivity contribution in [1.29, 1.82) is 0 Å². The zero-order valence-electron chi connectivity index (χ0n) is 10.9. The summed E-state index contributed by atoms with van der Waals surface area (Å²) in [4.78, 5) is 0. The molecule has 0 rings (SSSR count). The summed E-state index contributed by atoms with van der Waals surface area (Å²) in [5, 5.41) is 0. The monoisotopic (exact) mass is 233 g/mol. The van der Waals surface area contributed by atoms with Crippen LogP contribution in [0, 0.1) is 5.41 Å². The molecule has 0 fully saturated rings. The molecule has 0 saturated heterocycles. The van der Waals surface area contributed by atoms with Crippen LogP contribution in [0.4, 0.5) is 0 Å². The third-order valence-corrected chi connectivity index (χ3v) is 5.61. The summed E-state index contributed by atoms with van der Waals surface area (Å²) in [5.74, 6) is 0.0588. The Labute approximate surface area is 96.5 Å². The average Bonchev–Trinajstić information content (AvgIpc) is 2.24. The van der Waals surface area contributed by atoms with Crippen molar-refractivity contribution in [2.45, 2.75) is 45.1 Å². The molecule has 92 valence electrons. The first kappa shape index (κ1) is 15.1. The molecule has 0 amide bonds. The number of hydrogen-bond acceptors (Lipinski definition) is 3. The van der Waals surface area contributed by atoms with Crippen LogP contribution in [0.1, 0.15) is 33.6 Å². The molecule has 1 unspecified atom stereocenters. The van der Waals surface area contributed by atoms with Crippen LogP contribution in [0.3, 0.4) is 0 Å². The first-order chi connectivity index (χ1) is 6.99. The zero-order chi connectivity index (χ0) is 11.9. The largest absolute Gasteiger partial charge is 0.360 e. The predicted molar refractivity (Wildman–Crippen MR) is 67.8 cm³/mol. The maximum Gasteiger partial charge on any atom is 0.134 e. The van der Waals surface area contributed by atoms with Gasteiger partial charge in [0, 0.05) is 14.2 Å². The van der Waals surface area contributed by atoms with Crippen molar-refractivity contribution in [2.24, 2.45) is 11.1 Å². The van der Waals surface area contributed by atoms with Gasteiger partial charge in [-0.25, -0.2) is 0 Å². The molecule has 0 aromatic rings. The van der Waals surface area contributed by atoms with Crippen molar-refractivity contribution in [3.8, 4) is 0 Å². The number of nitrogens with two attached hydrogens (primary N) is 1. The van der Waals surface area contributed by atoms with Crippen molar-refractivity contribution < 1.29 is 9.47 Å². The van der Waals surface area contributed by atoms with Crippen molar-refractivity contribution >= 4 is 9.52 Å². The van der Waals surface area contributed by atoms with Gasteiger partial charge in [-0.2, -0.15) is 0 Å². The minimum absolute atomic E-state index is 0.0588. The van der Waals surface area contributed by atoms with Crippen LogP contribution in [0.5, 0.6) is 0 Å². The second-order valence-electron chi connectivity index (χ2n) is 4.98. The van der Waals surface area contributed by atoms with Gasteiger partial charge in [-0.3, -0.25) is 0 Å². The normalized spacial score (nSPS) is 15.4. The Morgan fingerprint density at radius 1 is 1.27 bits per heavy atom. The Balaban J connectivity index is 4.13. The molecule has 0 aliphatic carbocycles. The SMILES string of the molecule is CCC(CC(C)(C)CN)[SiH2]C(OC)OC. The summed E-state index contributed by atoms with van der Waals surface area (Å²) < 4.78 is 10.6. The minimum Gasteiger partial charge on any atom is -0.360 e. The van der Waals surface area contributed by atoms with Crippen LogP contribution >= 0.6 is 0 Å². The molecule has 4 heteroatoms. The first-order valence-electron chi connectivity index (χ1n) is 5.74. The van der Waals surface area contributed by atoms with Crippen LogP contribution in [-0.4, -0.2) is 36.2 Å². The van der Waals surface area contributed by atoms with Crippen molar-refractivity contribution in [1.82, 2.24) is 0 Å². The van der Waals surface area contributed by atoms with Crippen molar-refractivity contribution in [3.63, 3.8) is 0 Å². The van der Waals surface area contributed by atoms with E-state index in [0.717, 1.165) is 12.1 Å². The molecular formula is C11H27NO2Si. The summed E-state index contributed by atoms with van der Waals surface area (Å²) in [6.07, 6.45) is 2.40. The fourth-order valence-electron chi connectivity index (χ4n) is 1.82. The van der Waals surface area contributed by atoms with E-state index in [1.165, 1.54) is 12.8 Å². The molecular weight excluding hydrogens is 206 g/mol. The maximum absolute atomic E-state index is 5.76. The highest BCUT2D eigenvalue weighted by molar-refractivity contribution is 6.38. The van der Waals surface area contributed by atoms with Gasteiger partial charge in [-0.1, -0.05) is 27.2 Å². The highest BCUT2D eigenvalue weighted by Crippen LogP contribution is 2.29. The summed E-state index contributed by atoms with van der Waals surface area (Å²) in [6, 6.07) is 0. The zero-order valence-corrected chi connectivity index (χ0v) is 12.3. The number of ether oxygens (including phenoxy) is 2. The van der Waals surface area contributed by atoms with E-state index in [9.17, 15) is 0 Å². The molecule has 3 nitrogen and oxygen atoms in total. The molecule has 15 heavy (non-hydrogen) atoms. The lowest BCUT2D eigenvalue weighted by Gasteiger charge is -2.29. The standard InChI is InChI=1S/C11H27NO2Si/c1-6-9(7-11(2,3)8-12)15-10(13-4)14-5/h9-10H,6-8,12,15H2,1-5H3. The van der Waals surface area contributed by atoms with Gasteiger partial charge in [0.1, 0.15) is 5.91 Å². The number of hydrogen-bond donors (Lipinski definition) is 1. The molecule has 0 spiro atoms. The highest BCUT2D eigenvalue weighted by atomic mass is 28.2. The Hall–Kier alpha value is 0.0969. The van der Waals surface area contributed by atoms with Crippen LogP contribution in [-0.2, 0) is 9.47 Å². The molecule has 2 N–H and O–H groups in total. The van der Waals surface area contributed by atoms with Crippen LogP contribution in [0.15, 0.2) is 0 Å². The van der Waals surface area contributed by atoms with Crippen LogP contribution < -0.4 is 5.73 Å². The van der Waals surface area contributed by atoms with Gasteiger partial charge in [0.25, 0.3) is 0 Å². The van der Waals surface area contributed by atoms with Crippen molar-refractivity contribution in [2.75, 3.05) is 20.8 Å². The molecule has 0 aromatic heterocycles. The van der Waals surface area contributed by atoms with E-state index in [1.807, 2.05) is 0 Å². The van der Waals surface area contributed by atoms with Gasteiger partial charge in [0.05, 0.1) is 9.52 Å². The summed E-state index contributed by atoms with van der Waals surface area (Å²) >= 11 is 0. The first-order valence-corrected chi connectivity index (χ1v) is 7.38. The smallest absolute Gasteiger partial charge is 0.134 e. The molecule has 0 aliphatic heterocycles. The molecule has 0 radical (unpaired) electrons. The third-order valence-electron chi connectivity index (χ3n) is 3.02. The maximum atomic E-state index is 5.76. The quantitative estimate of drug-likeness (QED) is 0.508. The minimum atomic E-state index is -0.350. The van der Waals surface area contributed by atoms with E-state index in [0.29, 0.717) is 0 Å². The lowest BCUT2D eigenvalue weighted by Crippen LogP contribution is -2.31. The average molecular weight is 233 g/mol. The number of methoxy groups -OCH3 is 2. The molecule has 0 heterocycles. The van der Waals surface area contributed by atoms with Crippen LogP contribution in [0.2, 0.25) is 5.54 Å². The van der Waals surface area contributed by atoms with Gasteiger partial charge >= 0.3 is 0 Å². The van der Waals surface area contributed by atoms with Gasteiger partial charge in [0.2, 0.25) is 0 Å². The van der Waals surface area contributed by atoms with E-state index in [2.05, 4.69) is 20.8 Å². The topological polar surface area (TPSA) is 44.5 Å². The van der Waals surface area contributed by atoms with E-state index >= 15 is 0 Å². The summed E-state index contributed by atoms with van der Waals surface area (Å²) in [5.41, 5.74) is 6.77. The summed E-state index contributed by atoms with van der Waals surface area (Å²) in [6.45, 7) is 7.46. The summed E-state index contributed by atoms with van der Waals surface area (Å²) in [7, 11) is 3.10. The Morgan fingerprint density at radius 3 is 2.13 bits per heavy atom. The third kappa shape index (κ3) is 6.30. The van der Waals surface area contributed by atoms with Gasteiger partial charge in [-0.05, 0) is 23.9 Å². The predicted octanol–water partition coefficient (Wildman–Crippen LogP) is 1.31. The number of rotatable bonds is 8. The van der Waals surface area contributed by atoms with Gasteiger partial charge in [-0.15, -0.1) is 0 Å². The van der Waals surface area contributed by atoms with Gasteiger partial charge in [0.15, 0.2) is 0 Å². The highest BCUT2D eigenvalue weighted by Gasteiger charge is 2.23. The Bertz CT molecular complexity index is 161. The van der Waals surface area contributed by atoms with E-state index < -0.39 is 0 Å². The van der Waals surface area contributed by atoms with Gasteiger partial charge < -0.3 is 15.2 Å². The lowest BCUT2D eigenvalue weighted by atomic mass is 9.87. The molecule has 0 aromatic carbocycles. The Morgan fingerprint density at radius 2 is 1.80 bits per heavy atom. The van der Waals surface area contributed by atoms with E-state index in [1.54, 1.807) is 14.2 Å². The van der Waals surface area contributed by atoms with E-state index in [4.69, 9.17) is 15.2 Å². The Kier molecular flexibility index (Phi) is 7.43.